The van der Waals surface area contributed by atoms with Gasteiger partial charge in [0.15, 0.2) is 0 Å². The van der Waals surface area contributed by atoms with Crippen molar-refractivity contribution in [1.29, 1.82) is 0 Å². The predicted octanol–water partition coefficient (Wildman–Crippen LogP) is 3.86. The van der Waals surface area contributed by atoms with E-state index >= 15 is 0 Å². The first-order chi connectivity index (χ1) is 14.0. The number of hydrogen-bond acceptors (Lipinski definition) is 3. The summed E-state index contributed by atoms with van der Waals surface area (Å²) in [5, 5.41) is 4.63. The molecule has 1 atom stereocenters. The minimum Gasteiger partial charge on any atom is -0.497 e. The molecular formula is C22H22ClN3O3. The van der Waals surface area contributed by atoms with Crippen molar-refractivity contribution in [2.24, 2.45) is 5.92 Å². The summed E-state index contributed by atoms with van der Waals surface area (Å²) in [4.78, 5) is 30.0. The largest absolute Gasteiger partial charge is 0.497 e. The van der Waals surface area contributed by atoms with Crippen molar-refractivity contribution in [2.75, 3.05) is 25.5 Å². The Morgan fingerprint density at radius 1 is 1.31 bits per heavy atom. The number of rotatable bonds is 6. The molecule has 7 heteroatoms. The second-order valence-corrected chi connectivity index (χ2v) is 7.65. The van der Waals surface area contributed by atoms with Crippen molar-refractivity contribution in [3.63, 3.8) is 0 Å². The molecule has 6 nitrogen and oxygen atoms in total. The minimum absolute atomic E-state index is 0.00802. The van der Waals surface area contributed by atoms with Crippen LogP contribution in [0.3, 0.4) is 0 Å². The summed E-state index contributed by atoms with van der Waals surface area (Å²) in [7, 11) is 1.58. The number of likely N-dealkylation sites (tertiary alicyclic amines) is 1. The zero-order valence-electron chi connectivity index (χ0n) is 16.1. The molecule has 1 aliphatic heterocycles. The van der Waals surface area contributed by atoms with Crippen molar-refractivity contribution in [1.82, 2.24) is 9.88 Å². The Labute approximate surface area is 173 Å². The average Bonchev–Trinajstić information content (AvgIpc) is 3.29. The quantitative estimate of drug-likeness (QED) is 0.646. The van der Waals surface area contributed by atoms with E-state index in [1.165, 1.54) is 0 Å². The van der Waals surface area contributed by atoms with Gasteiger partial charge in [-0.15, -0.1) is 0 Å². The van der Waals surface area contributed by atoms with Gasteiger partial charge in [0.2, 0.25) is 11.8 Å². The van der Waals surface area contributed by atoms with E-state index in [0.717, 1.165) is 16.5 Å². The molecule has 2 amide bonds. The average molecular weight is 412 g/mol. The molecular weight excluding hydrogens is 390 g/mol. The molecule has 1 aliphatic rings. The van der Waals surface area contributed by atoms with E-state index in [-0.39, 0.29) is 24.2 Å². The van der Waals surface area contributed by atoms with E-state index in [9.17, 15) is 9.59 Å². The van der Waals surface area contributed by atoms with Crippen LogP contribution in [0.1, 0.15) is 12.0 Å². The van der Waals surface area contributed by atoms with Gasteiger partial charge in [-0.2, -0.15) is 0 Å². The number of nitrogens with one attached hydrogen (secondary N) is 2. The van der Waals surface area contributed by atoms with Crippen molar-refractivity contribution in [3.05, 3.63) is 59.2 Å². The van der Waals surface area contributed by atoms with Crippen molar-refractivity contribution >= 4 is 40.0 Å². The van der Waals surface area contributed by atoms with Gasteiger partial charge in [0, 0.05) is 53.4 Å². The van der Waals surface area contributed by atoms with Gasteiger partial charge in [-0.1, -0.05) is 17.7 Å². The lowest BCUT2D eigenvalue weighted by molar-refractivity contribution is -0.128. The number of carbonyl (C=O) groups is 2. The number of aromatic nitrogens is 1. The van der Waals surface area contributed by atoms with Gasteiger partial charge in [-0.25, -0.2) is 0 Å². The SMILES string of the molecule is COc1cccc(NC(=O)C2CC(=O)N(CCc3c[nH]c4ccc(Cl)cc34)C2)c1. The molecule has 0 bridgehead atoms. The second-order valence-electron chi connectivity index (χ2n) is 7.22. The molecule has 29 heavy (non-hydrogen) atoms. The maximum atomic E-state index is 12.6. The van der Waals surface area contributed by atoms with E-state index in [1.807, 2.05) is 36.5 Å². The molecule has 2 N–H and O–H groups in total. The molecule has 4 rings (SSSR count). The minimum atomic E-state index is -0.355. The lowest BCUT2D eigenvalue weighted by atomic mass is 10.1. The lowest BCUT2D eigenvalue weighted by Crippen LogP contribution is -2.30. The van der Waals surface area contributed by atoms with Crippen LogP contribution in [0.15, 0.2) is 48.7 Å². The van der Waals surface area contributed by atoms with E-state index in [1.54, 1.807) is 24.1 Å². The predicted molar refractivity (Wildman–Crippen MR) is 113 cm³/mol. The van der Waals surface area contributed by atoms with Crippen LogP contribution in [-0.4, -0.2) is 41.9 Å². The number of benzene rings is 2. The van der Waals surface area contributed by atoms with Gasteiger partial charge in [0.05, 0.1) is 13.0 Å². The van der Waals surface area contributed by atoms with E-state index < -0.39 is 0 Å². The van der Waals surface area contributed by atoms with Crippen molar-refractivity contribution < 1.29 is 14.3 Å². The molecule has 1 fully saturated rings. The van der Waals surface area contributed by atoms with E-state index in [4.69, 9.17) is 16.3 Å². The fourth-order valence-corrected chi connectivity index (χ4v) is 3.89. The van der Waals surface area contributed by atoms with E-state index in [2.05, 4.69) is 10.3 Å². The number of nitrogens with zero attached hydrogens (tertiary/aromatic N) is 1. The number of aromatic amines is 1. The fraction of sp³-hybridized carbons (Fsp3) is 0.273. The van der Waals surface area contributed by atoms with Crippen LogP contribution in [0.4, 0.5) is 5.69 Å². The highest BCUT2D eigenvalue weighted by Gasteiger charge is 2.34. The van der Waals surface area contributed by atoms with Gasteiger partial charge in [0.25, 0.3) is 0 Å². The topological polar surface area (TPSA) is 74.4 Å². The van der Waals surface area contributed by atoms with Crippen LogP contribution in [-0.2, 0) is 16.0 Å². The lowest BCUT2D eigenvalue weighted by Gasteiger charge is -2.16. The normalized spacial score (nSPS) is 16.4. The van der Waals surface area contributed by atoms with Crippen molar-refractivity contribution in [2.45, 2.75) is 12.8 Å². The number of halogens is 1. The number of H-pyrrole nitrogens is 1. The Hall–Kier alpha value is -2.99. The smallest absolute Gasteiger partial charge is 0.229 e. The molecule has 1 saturated heterocycles. The maximum Gasteiger partial charge on any atom is 0.229 e. The molecule has 3 aromatic rings. The zero-order chi connectivity index (χ0) is 20.4. The summed E-state index contributed by atoms with van der Waals surface area (Å²) in [6.45, 7) is 0.999. The summed E-state index contributed by atoms with van der Waals surface area (Å²) in [6.07, 6.45) is 2.89. The van der Waals surface area contributed by atoms with Gasteiger partial charge in [-0.05, 0) is 42.3 Å². The molecule has 0 spiro atoms. The highest BCUT2D eigenvalue weighted by Crippen LogP contribution is 2.25. The summed E-state index contributed by atoms with van der Waals surface area (Å²) in [5.74, 6) is 0.179. The summed E-state index contributed by atoms with van der Waals surface area (Å²) >= 11 is 6.11. The van der Waals surface area contributed by atoms with Crippen LogP contribution in [0.2, 0.25) is 5.02 Å². The standard InChI is InChI=1S/C22H22ClN3O3/c1-29-18-4-2-3-17(11-18)25-22(28)15-9-21(27)26(13-15)8-7-14-12-24-20-6-5-16(23)10-19(14)20/h2-6,10-12,15,24H,7-9,13H2,1H3,(H,25,28). The monoisotopic (exact) mass is 411 g/mol. The number of amides is 2. The first kappa shape index (κ1) is 19.3. The Bertz CT molecular complexity index is 1060. The first-order valence-electron chi connectivity index (χ1n) is 9.51. The molecule has 150 valence electrons. The number of hydrogen-bond donors (Lipinski definition) is 2. The molecule has 2 heterocycles. The highest BCUT2D eigenvalue weighted by atomic mass is 35.5. The first-order valence-corrected chi connectivity index (χ1v) is 9.89. The Morgan fingerprint density at radius 3 is 3.00 bits per heavy atom. The molecule has 2 aromatic carbocycles. The third-order valence-electron chi connectivity index (χ3n) is 5.30. The summed E-state index contributed by atoms with van der Waals surface area (Å²) < 4.78 is 5.18. The number of anilines is 1. The molecule has 0 saturated carbocycles. The Balaban J connectivity index is 1.37. The van der Waals surface area contributed by atoms with Crippen LogP contribution in [0.5, 0.6) is 5.75 Å². The molecule has 1 aromatic heterocycles. The van der Waals surface area contributed by atoms with Crippen LogP contribution in [0.25, 0.3) is 10.9 Å². The zero-order valence-corrected chi connectivity index (χ0v) is 16.8. The van der Waals surface area contributed by atoms with Gasteiger partial charge in [0.1, 0.15) is 5.75 Å². The molecule has 1 unspecified atom stereocenters. The van der Waals surface area contributed by atoms with Crippen molar-refractivity contribution in [3.8, 4) is 5.75 Å². The third-order valence-corrected chi connectivity index (χ3v) is 5.54. The summed E-state index contributed by atoms with van der Waals surface area (Å²) in [6, 6.07) is 12.9. The Kier molecular flexibility index (Phi) is 5.45. The van der Waals surface area contributed by atoms with Crippen LogP contribution < -0.4 is 10.1 Å². The maximum absolute atomic E-state index is 12.6. The highest BCUT2D eigenvalue weighted by molar-refractivity contribution is 6.31. The molecule has 0 aliphatic carbocycles. The fourth-order valence-electron chi connectivity index (χ4n) is 3.72. The third kappa shape index (κ3) is 4.22. The number of methoxy groups -OCH3 is 1. The van der Waals surface area contributed by atoms with Crippen LogP contribution >= 0.6 is 11.6 Å². The number of ether oxygens (including phenoxy) is 1. The van der Waals surface area contributed by atoms with Gasteiger partial charge >= 0.3 is 0 Å². The van der Waals surface area contributed by atoms with Gasteiger partial charge in [-0.3, -0.25) is 9.59 Å². The molecule has 0 radical (unpaired) electrons. The van der Waals surface area contributed by atoms with Gasteiger partial charge < -0.3 is 19.9 Å². The summed E-state index contributed by atoms with van der Waals surface area (Å²) in [5.41, 5.74) is 2.79. The van der Waals surface area contributed by atoms with E-state index in [0.29, 0.717) is 36.0 Å². The Morgan fingerprint density at radius 2 is 2.17 bits per heavy atom. The number of fused-ring (bicyclic) bond motifs is 1. The second kappa shape index (κ2) is 8.17. The van der Waals surface area contributed by atoms with Crippen LogP contribution in [0, 0.1) is 5.92 Å². The number of carbonyl (C=O) groups excluding carboxylic acids is 2.